The molecule has 1 heterocycles. The van der Waals surface area contributed by atoms with Crippen molar-refractivity contribution in [2.45, 2.75) is 36.3 Å². The number of hydrogen-bond donors (Lipinski definition) is 1. The molecule has 0 bridgehead atoms. The molecule has 0 saturated carbocycles. The van der Waals surface area contributed by atoms with Crippen molar-refractivity contribution < 1.29 is 18.3 Å². The minimum atomic E-state index is -4.19. The largest absolute Gasteiger partial charge is 0.375 e. The van der Waals surface area contributed by atoms with E-state index in [2.05, 4.69) is 6.58 Å². The molecule has 7 heteroatoms. The number of nitrogens with zero attached hydrogens (tertiary/aromatic N) is 1. The molecule has 3 rings (SSSR count). The van der Waals surface area contributed by atoms with Crippen molar-refractivity contribution in [1.29, 1.82) is 0 Å². The van der Waals surface area contributed by atoms with Gasteiger partial charge in [-0.3, -0.25) is 4.79 Å². The molecule has 0 aliphatic carbocycles. The third-order valence-electron chi connectivity index (χ3n) is 4.94. The molecule has 2 aromatic carbocycles. The first kappa shape index (κ1) is 19.6. The Bertz CT molecular complexity index is 1000. The highest BCUT2D eigenvalue weighted by Crippen LogP contribution is 2.46. The molecule has 0 aromatic heterocycles. The molecular formula is C20H20ClNO4S. The zero-order valence-corrected chi connectivity index (χ0v) is 16.6. The van der Waals surface area contributed by atoms with E-state index in [1.165, 1.54) is 30.3 Å². The maximum Gasteiger partial charge on any atom is 0.273 e. The van der Waals surface area contributed by atoms with E-state index in [1.54, 1.807) is 31.2 Å². The summed E-state index contributed by atoms with van der Waals surface area (Å²) in [5.41, 5.74) is -2.10. The van der Waals surface area contributed by atoms with E-state index < -0.39 is 27.1 Å². The molecule has 0 spiro atoms. The highest BCUT2D eigenvalue weighted by molar-refractivity contribution is 7.89. The number of halogens is 1. The van der Waals surface area contributed by atoms with Gasteiger partial charge in [-0.15, -0.1) is 6.58 Å². The van der Waals surface area contributed by atoms with Crippen LogP contribution < -0.4 is 0 Å². The fraction of sp³-hybridized carbons (Fsp3) is 0.250. The number of carbonyl (C=O) groups is 1. The predicted molar refractivity (Wildman–Crippen MR) is 104 cm³/mol. The Morgan fingerprint density at radius 2 is 1.70 bits per heavy atom. The highest BCUT2D eigenvalue weighted by atomic mass is 35.5. The molecule has 1 amide bonds. The van der Waals surface area contributed by atoms with Gasteiger partial charge < -0.3 is 5.11 Å². The Balaban J connectivity index is 2.14. The lowest BCUT2D eigenvalue weighted by Gasteiger charge is -2.30. The molecular weight excluding hydrogens is 386 g/mol. The molecule has 0 radical (unpaired) electrons. The van der Waals surface area contributed by atoms with Crippen LogP contribution in [0.1, 0.15) is 24.5 Å². The average molecular weight is 406 g/mol. The molecule has 1 saturated heterocycles. The Hall–Kier alpha value is -2.15. The van der Waals surface area contributed by atoms with Gasteiger partial charge in [-0.1, -0.05) is 47.5 Å². The second-order valence-corrected chi connectivity index (χ2v) is 9.22. The number of hydrogen-bond acceptors (Lipinski definition) is 4. The van der Waals surface area contributed by atoms with Gasteiger partial charge in [0.2, 0.25) is 0 Å². The van der Waals surface area contributed by atoms with E-state index in [0.717, 1.165) is 9.87 Å². The van der Waals surface area contributed by atoms with Crippen molar-refractivity contribution in [3.63, 3.8) is 0 Å². The van der Waals surface area contributed by atoms with Crippen LogP contribution in [0, 0.1) is 6.92 Å². The summed E-state index contributed by atoms with van der Waals surface area (Å²) in [5, 5.41) is 11.6. The van der Waals surface area contributed by atoms with Crippen molar-refractivity contribution in [2.24, 2.45) is 0 Å². The Labute approximate surface area is 163 Å². The summed E-state index contributed by atoms with van der Waals surface area (Å²) >= 11 is 5.89. The van der Waals surface area contributed by atoms with Crippen LogP contribution >= 0.6 is 11.6 Å². The summed E-state index contributed by atoms with van der Waals surface area (Å²) < 4.78 is 27.2. The molecule has 1 aliphatic heterocycles. The van der Waals surface area contributed by atoms with Crippen LogP contribution in [0.4, 0.5) is 0 Å². The first-order chi connectivity index (χ1) is 12.5. The zero-order chi connectivity index (χ0) is 20.0. The third-order valence-corrected chi connectivity index (χ3v) is 7.12. The molecule has 5 nitrogen and oxygen atoms in total. The Morgan fingerprint density at radius 3 is 2.22 bits per heavy atom. The fourth-order valence-electron chi connectivity index (χ4n) is 3.37. The van der Waals surface area contributed by atoms with Crippen LogP contribution in [-0.4, -0.2) is 29.3 Å². The molecule has 0 unspecified atom stereocenters. The number of amides is 1. The van der Waals surface area contributed by atoms with E-state index in [4.69, 9.17) is 11.6 Å². The average Bonchev–Trinajstić information content (AvgIpc) is 2.83. The minimum Gasteiger partial charge on any atom is -0.375 e. The molecule has 27 heavy (non-hydrogen) atoms. The number of benzene rings is 2. The molecule has 1 aliphatic rings. The highest BCUT2D eigenvalue weighted by Gasteiger charge is 2.60. The summed E-state index contributed by atoms with van der Waals surface area (Å²) in [5.74, 6) is -0.909. The van der Waals surface area contributed by atoms with E-state index in [0.29, 0.717) is 5.02 Å². The standard InChI is InChI=1S/C20H20ClNO4S/c1-4-19(3)13-20(24,15-7-9-16(21)10-8-15)18(23)22(19)27(25,26)17-11-5-14(2)6-12-17/h4-12,24H,1,13H2,2-3H3/t19-,20-/m0/s1. The van der Waals surface area contributed by atoms with Gasteiger partial charge in [0, 0.05) is 11.4 Å². The van der Waals surface area contributed by atoms with Crippen LogP contribution in [0.15, 0.2) is 66.1 Å². The van der Waals surface area contributed by atoms with Gasteiger partial charge in [-0.05, 0) is 43.7 Å². The monoisotopic (exact) mass is 405 g/mol. The summed E-state index contributed by atoms with van der Waals surface area (Å²) in [7, 11) is -4.19. The van der Waals surface area contributed by atoms with Crippen molar-refractivity contribution in [3.8, 4) is 0 Å². The van der Waals surface area contributed by atoms with Gasteiger partial charge in [0.1, 0.15) is 0 Å². The quantitative estimate of drug-likeness (QED) is 0.791. The lowest BCUT2D eigenvalue weighted by atomic mass is 9.86. The number of sulfonamides is 1. The van der Waals surface area contributed by atoms with E-state index in [9.17, 15) is 18.3 Å². The molecule has 1 fully saturated rings. The summed E-state index contributed by atoms with van der Waals surface area (Å²) in [6, 6.07) is 12.3. The number of aryl methyl sites for hydroxylation is 1. The Kier molecular flexibility index (Phi) is 4.70. The molecule has 142 valence electrons. The third kappa shape index (κ3) is 3.08. The van der Waals surface area contributed by atoms with Crippen LogP contribution in [0.2, 0.25) is 5.02 Å². The number of carbonyl (C=O) groups excluding carboxylic acids is 1. The topological polar surface area (TPSA) is 74.7 Å². The van der Waals surface area contributed by atoms with Crippen molar-refractivity contribution in [2.75, 3.05) is 0 Å². The van der Waals surface area contributed by atoms with Crippen LogP contribution in [0.5, 0.6) is 0 Å². The predicted octanol–water partition coefficient (Wildman–Crippen LogP) is 3.40. The second-order valence-electron chi connectivity index (χ2n) is 6.99. The van der Waals surface area contributed by atoms with Crippen LogP contribution in [0.3, 0.4) is 0 Å². The van der Waals surface area contributed by atoms with E-state index >= 15 is 0 Å². The lowest BCUT2D eigenvalue weighted by molar-refractivity contribution is -0.140. The molecule has 2 atom stereocenters. The van der Waals surface area contributed by atoms with Crippen LogP contribution in [-0.2, 0) is 20.4 Å². The summed E-state index contributed by atoms with van der Waals surface area (Å²) in [6.07, 6.45) is 1.24. The van der Waals surface area contributed by atoms with Gasteiger partial charge in [0.05, 0.1) is 10.4 Å². The zero-order valence-electron chi connectivity index (χ0n) is 15.0. The SMILES string of the molecule is C=C[C@@]1(C)C[C@](O)(c2ccc(Cl)cc2)C(=O)N1S(=O)(=O)c1ccc(C)cc1. The van der Waals surface area contributed by atoms with Gasteiger partial charge in [-0.25, -0.2) is 12.7 Å². The Morgan fingerprint density at radius 1 is 1.15 bits per heavy atom. The van der Waals surface area contributed by atoms with Crippen molar-refractivity contribution >= 4 is 27.5 Å². The van der Waals surface area contributed by atoms with E-state index in [1.807, 2.05) is 6.92 Å². The van der Waals surface area contributed by atoms with Gasteiger partial charge in [0.25, 0.3) is 15.9 Å². The fourth-order valence-corrected chi connectivity index (χ4v) is 5.25. The molecule has 2 aromatic rings. The van der Waals surface area contributed by atoms with E-state index in [-0.39, 0.29) is 16.9 Å². The smallest absolute Gasteiger partial charge is 0.273 e. The van der Waals surface area contributed by atoms with Crippen molar-refractivity contribution in [1.82, 2.24) is 4.31 Å². The second kappa shape index (κ2) is 6.48. The van der Waals surface area contributed by atoms with Gasteiger partial charge in [0.15, 0.2) is 5.60 Å². The first-order valence-corrected chi connectivity index (χ1v) is 10.1. The molecule has 1 N–H and O–H groups in total. The summed E-state index contributed by atoms with van der Waals surface area (Å²) in [6.45, 7) is 7.11. The van der Waals surface area contributed by atoms with Crippen LogP contribution in [0.25, 0.3) is 0 Å². The summed E-state index contributed by atoms with van der Waals surface area (Å²) in [4.78, 5) is 13.2. The lowest BCUT2D eigenvalue weighted by Crippen LogP contribution is -2.47. The normalized spacial score (nSPS) is 25.6. The van der Waals surface area contributed by atoms with Gasteiger partial charge in [-0.2, -0.15) is 0 Å². The van der Waals surface area contributed by atoms with Gasteiger partial charge >= 0.3 is 0 Å². The number of rotatable bonds is 4. The first-order valence-electron chi connectivity index (χ1n) is 8.33. The minimum absolute atomic E-state index is 0.0186. The maximum atomic E-state index is 13.2. The maximum absolute atomic E-state index is 13.2. The van der Waals surface area contributed by atoms with Crippen molar-refractivity contribution in [3.05, 3.63) is 77.3 Å². The number of aliphatic hydroxyl groups is 1.